The average Bonchev–Trinajstić information content (AvgIpc) is 3.17. The molecule has 23 heavy (non-hydrogen) atoms. The molecule has 1 atom stereocenters. The van der Waals surface area contributed by atoms with Crippen LogP contribution in [0.3, 0.4) is 0 Å². The zero-order chi connectivity index (χ0) is 15.4. The number of nitrogens with one attached hydrogen (secondary N) is 2. The van der Waals surface area contributed by atoms with Gasteiger partial charge in [-0.15, -0.1) is 0 Å². The third kappa shape index (κ3) is 1.78. The number of carbonyl (C=O) groups is 1. The molecule has 1 aliphatic rings. The predicted molar refractivity (Wildman–Crippen MR) is 86.4 cm³/mol. The minimum Gasteiger partial charge on any atom is -0.356 e. The molecule has 1 aromatic carbocycles. The number of hydrogen-bond acceptors (Lipinski definition) is 3. The standard InChI is InChI=1S/C17H13N5O/c23-15-8-12(10-5-6-22-14(7-10)18-9-19-22)17-16(21-15)11-3-1-2-4-13(11)20-17/h1-7,9,12,20H,8H2,(H,21,23). The molecule has 0 bridgehead atoms. The molecule has 0 saturated heterocycles. The summed E-state index contributed by atoms with van der Waals surface area (Å²) >= 11 is 0. The Morgan fingerprint density at radius 2 is 2.13 bits per heavy atom. The van der Waals surface area contributed by atoms with Gasteiger partial charge in [0.25, 0.3) is 0 Å². The lowest BCUT2D eigenvalue weighted by atomic mass is 9.89. The molecule has 0 aliphatic carbocycles. The molecule has 6 nitrogen and oxygen atoms in total. The molecule has 4 heterocycles. The lowest BCUT2D eigenvalue weighted by molar-refractivity contribution is -0.116. The first-order valence-electron chi connectivity index (χ1n) is 7.49. The predicted octanol–water partition coefficient (Wildman–Crippen LogP) is 2.68. The molecule has 0 fully saturated rings. The smallest absolute Gasteiger partial charge is 0.225 e. The number of pyridine rings is 1. The van der Waals surface area contributed by atoms with E-state index < -0.39 is 0 Å². The second-order valence-corrected chi connectivity index (χ2v) is 5.79. The number of fused-ring (bicyclic) bond motifs is 4. The Kier molecular flexibility index (Phi) is 2.38. The van der Waals surface area contributed by atoms with Gasteiger partial charge in [-0.25, -0.2) is 9.50 Å². The second-order valence-electron chi connectivity index (χ2n) is 5.79. The summed E-state index contributed by atoms with van der Waals surface area (Å²) in [7, 11) is 0. The molecule has 3 aromatic heterocycles. The summed E-state index contributed by atoms with van der Waals surface area (Å²) in [6.45, 7) is 0. The number of nitrogens with zero attached hydrogens (tertiary/aromatic N) is 3. The quantitative estimate of drug-likeness (QED) is 0.567. The molecule has 0 saturated carbocycles. The maximum Gasteiger partial charge on any atom is 0.225 e. The van der Waals surface area contributed by atoms with Crippen molar-refractivity contribution in [2.75, 3.05) is 5.32 Å². The van der Waals surface area contributed by atoms with E-state index in [2.05, 4.69) is 20.4 Å². The average molecular weight is 303 g/mol. The van der Waals surface area contributed by atoms with Gasteiger partial charge in [0.1, 0.15) is 6.33 Å². The van der Waals surface area contributed by atoms with Crippen molar-refractivity contribution < 1.29 is 4.79 Å². The molecular weight excluding hydrogens is 290 g/mol. The minimum absolute atomic E-state index is 0.00662. The molecule has 2 N–H and O–H groups in total. The van der Waals surface area contributed by atoms with E-state index in [1.807, 2.05) is 42.6 Å². The third-order valence-corrected chi connectivity index (χ3v) is 4.44. The number of aromatic amines is 1. The van der Waals surface area contributed by atoms with Gasteiger partial charge in [-0.1, -0.05) is 18.2 Å². The first-order valence-corrected chi connectivity index (χ1v) is 7.49. The van der Waals surface area contributed by atoms with Gasteiger partial charge < -0.3 is 10.3 Å². The highest BCUT2D eigenvalue weighted by molar-refractivity contribution is 6.05. The van der Waals surface area contributed by atoms with Crippen molar-refractivity contribution in [1.29, 1.82) is 0 Å². The van der Waals surface area contributed by atoms with Crippen LogP contribution in [0.5, 0.6) is 0 Å². The lowest BCUT2D eigenvalue weighted by Crippen LogP contribution is -2.23. The van der Waals surface area contributed by atoms with Crippen molar-refractivity contribution >= 4 is 28.1 Å². The maximum absolute atomic E-state index is 12.2. The number of anilines is 1. The Hall–Kier alpha value is -3.15. The summed E-state index contributed by atoms with van der Waals surface area (Å²) in [6.07, 6.45) is 3.83. The highest BCUT2D eigenvalue weighted by Gasteiger charge is 2.30. The van der Waals surface area contributed by atoms with Crippen LogP contribution in [-0.2, 0) is 4.79 Å². The van der Waals surface area contributed by atoms with E-state index in [-0.39, 0.29) is 11.8 Å². The number of H-pyrrole nitrogens is 1. The first-order chi connectivity index (χ1) is 11.3. The van der Waals surface area contributed by atoms with Crippen LogP contribution in [0.2, 0.25) is 0 Å². The molecule has 1 amide bonds. The zero-order valence-corrected chi connectivity index (χ0v) is 12.2. The molecule has 0 spiro atoms. The van der Waals surface area contributed by atoms with Crippen LogP contribution in [0.4, 0.5) is 5.69 Å². The van der Waals surface area contributed by atoms with E-state index in [9.17, 15) is 4.79 Å². The minimum atomic E-state index is -0.00662. The Labute approximate surface area is 131 Å². The van der Waals surface area contributed by atoms with E-state index in [4.69, 9.17) is 0 Å². The van der Waals surface area contributed by atoms with Crippen LogP contribution >= 0.6 is 0 Å². The Morgan fingerprint density at radius 3 is 3.09 bits per heavy atom. The number of benzene rings is 1. The fourth-order valence-electron chi connectivity index (χ4n) is 3.37. The highest BCUT2D eigenvalue weighted by Crippen LogP contribution is 2.40. The summed E-state index contributed by atoms with van der Waals surface area (Å²) < 4.78 is 1.72. The highest BCUT2D eigenvalue weighted by atomic mass is 16.1. The summed E-state index contributed by atoms with van der Waals surface area (Å²) in [4.78, 5) is 19.9. The number of carbonyl (C=O) groups excluding carboxylic acids is 1. The van der Waals surface area contributed by atoms with Gasteiger partial charge in [-0.05, 0) is 23.8 Å². The summed E-state index contributed by atoms with van der Waals surface area (Å²) in [5, 5.41) is 8.17. The van der Waals surface area contributed by atoms with Crippen LogP contribution in [0.25, 0.3) is 16.6 Å². The second kappa shape index (κ2) is 4.42. The Balaban J connectivity index is 1.73. The van der Waals surface area contributed by atoms with E-state index in [1.165, 1.54) is 6.33 Å². The molecule has 0 radical (unpaired) electrons. The Bertz CT molecular complexity index is 1060. The van der Waals surface area contributed by atoms with Gasteiger partial charge in [0.2, 0.25) is 5.91 Å². The molecule has 1 unspecified atom stereocenters. The summed E-state index contributed by atoms with van der Waals surface area (Å²) in [5.41, 5.74) is 4.82. The molecule has 6 heteroatoms. The van der Waals surface area contributed by atoms with Crippen LogP contribution < -0.4 is 5.32 Å². The van der Waals surface area contributed by atoms with Crippen molar-refractivity contribution in [2.24, 2.45) is 0 Å². The van der Waals surface area contributed by atoms with Gasteiger partial charge in [0, 0.05) is 35.1 Å². The van der Waals surface area contributed by atoms with Crippen molar-refractivity contribution in [2.45, 2.75) is 12.3 Å². The summed E-state index contributed by atoms with van der Waals surface area (Å²) in [6, 6.07) is 12.0. The fourth-order valence-corrected chi connectivity index (χ4v) is 3.37. The van der Waals surface area contributed by atoms with E-state index >= 15 is 0 Å². The van der Waals surface area contributed by atoms with E-state index in [0.717, 1.165) is 33.5 Å². The SMILES string of the molecule is O=C1CC(c2ccn3ncnc3c2)c2[nH]c3ccccc3c2N1. The van der Waals surface area contributed by atoms with Crippen LogP contribution in [0.15, 0.2) is 48.9 Å². The molecule has 112 valence electrons. The van der Waals surface area contributed by atoms with Gasteiger partial charge >= 0.3 is 0 Å². The van der Waals surface area contributed by atoms with Crippen molar-refractivity contribution in [3.63, 3.8) is 0 Å². The van der Waals surface area contributed by atoms with Crippen molar-refractivity contribution in [3.05, 3.63) is 60.2 Å². The Morgan fingerprint density at radius 1 is 1.22 bits per heavy atom. The van der Waals surface area contributed by atoms with Gasteiger partial charge in [0.15, 0.2) is 5.65 Å². The number of rotatable bonds is 1. The number of para-hydroxylation sites is 1. The van der Waals surface area contributed by atoms with Crippen molar-refractivity contribution in [3.8, 4) is 0 Å². The monoisotopic (exact) mass is 303 g/mol. The largest absolute Gasteiger partial charge is 0.356 e. The number of hydrogen-bond donors (Lipinski definition) is 2. The van der Waals surface area contributed by atoms with E-state index in [0.29, 0.717) is 6.42 Å². The van der Waals surface area contributed by atoms with Gasteiger partial charge in [0.05, 0.1) is 5.69 Å². The lowest BCUT2D eigenvalue weighted by Gasteiger charge is -2.23. The fraction of sp³-hybridized carbons (Fsp3) is 0.118. The topological polar surface area (TPSA) is 75.1 Å². The molecule has 5 rings (SSSR count). The van der Waals surface area contributed by atoms with Gasteiger partial charge in [-0.2, -0.15) is 5.10 Å². The maximum atomic E-state index is 12.2. The van der Waals surface area contributed by atoms with E-state index in [1.54, 1.807) is 4.52 Å². The third-order valence-electron chi connectivity index (χ3n) is 4.44. The number of aromatic nitrogens is 4. The zero-order valence-electron chi connectivity index (χ0n) is 12.2. The first kappa shape index (κ1) is 12.4. The van der Waals surface area contributed by atoms with Crippen molar-refractivity contribution in [1.82, 2.24) is 19.6 Å². The van der Waals surface area contributed by atoms with Crippen LogP contribution in [0.1, 0.15) is 23.6 Å². The molecular formula is C17H13N5O. The summed E-state index contributed by atoms with van der Waals surface area (Å²) in [5.74, 6) is 0.0291. The number of amides is 1. The van der Waals surface area contributed by atoms with Crippen LogP contribution in [0, 0.1) is 0 Å². The normalized spacial score (nSPS) is 17.4. The van der Waals surface area contributed by atoms with Gasteiger partial charge in [-0.3, -0.25) is 4.79 Å². The van der Waals surface area contributed by atoms with Crippen LogP contribution in [-0.4, -0.2) is 25.5 Å². The molecule has 1 aliphatic heterocycles. The molecule has 4 aromatic rings.